The van der Waals surface area contributed by atoms with Gasteiger partial charge in [-0.2, -0.15) is 0 Å². The van der Waals surface area contributed by atoms with Gasteiger partial charge >= 0.3 is 0 Å². The number of hydrogen-bond donors (Lipinski definition) is 0. The van der Waals surface area contributed by atoms with E-state index in [1.165, 1.54) is 6.07 Å². The van der Waals surface area contributed by atoms with E-state index in [9.17, 15) is 4.39 Å². The molecular formula is C34H33F3O2. The Balaban J connectivity index is 1.45. The van der Waals surface area contributed by atoms with Gasteiger partial charge in [0.05, 0.1) is 13.2 Å². The second-order valence-electron chi connectivity index (χ2n) is 9.36. The molecule has 0 atom stereocenters. The average Bonchev–Trinajstić information content (AvgIpc) is 2.95. The lowest BCUT2D eigenvalue weighted by atomic mass is 9.98. The third kappa shape index (κ3) is 7.32. The van der Waals surface area contributed by atoms with Crippen molar-refractivity contribution in [2.24, 2.45) is 0 Å². The number of hydrogen-bond acceptors (Lipinski definition) is 2. The predicted molar refractivity (Wildman–Crippen MR) is 153 cm³/mol. The molecule has 0 aliphatic rings. The fourth-order valence-corrected chi connectivity index (χ4v) is 4.09. The second kappa shape index (κ2) is 13.7. The summed E-state index contributed by atoms with van der Waals surface area (Å²) in [4.78, 5) is 0. The summed E-state index contributed by atoms with van der Waals surface area (Å²) in [6.45, 7) is 5.35. The van der Waals surface area contributed by atoms with Gasteiger partial charge in [-0.1, -0.05) is 87.4 Å². The third-order valence-electron chi connectivity index (χ3n) is 6.43. The van der Waals surface area contributed by atoms with Crippen LogP contribution in [0.3, 0.4) is 0 Å². The van der Waals surface area contributed by atoms with Gasteiger partial charge in [0.1, 0.15) is 17.3 Å². The topological polar surface area (TPSA) is 18.5 Å². The van der Waals surface area contributed by atoms with Crippen LogP contribution in [0.4, 0.5) is 13.2 Å². The molecule has 0 saturated carbocycles. The van der Waals surface area contributed by atoms with Gasteiger partial charge in [0.2, 0.25) is 0 Å². The predicted octanol–water partition coefficient (Wildman–Crippen LogP) is 9.97. The number of rotatable bonds is 12. The molecule has 0 heterocycles. The summed E-state index contributed by atoms with van der Waals surface area (Å²) in [6.07, 6.45) is 7.38. The first-order chi connectivity index (χ1) is 19.0. The Morgan fingerprint density at radius 3 is 1.64 bits per heavy atom. The molecule has 4 rings (SSSR count). The van der Waals surface area contributed by atoms with Crippen LogP contribution in [0.2, 0.25) is 0 Å². The zero-order valence-electron chi connectivity index (χ0n) is 22.4. The highest BCUT2D eigenvalue weighted by atomic mass is 19.2. The Kier molecular flexibility index (Phi) is 9.85. The fraction of sp³-hybridized carbons (Fsp3) is 0.235. The van der Waals surface area contributed by atoms with Crippen molar-refractivity contribution in [2.75, 3.05) is 13.2 Å². The minimum Gasteiger partial charge on any atom is -0.494 e. The van der Waals surface area contributed by atoms with E-state index in [-0.39, 0.29) is 16.9 Å². The van der Waals surface area contributed by atoms with Crippen LogP contribution in [0.15, 0.2) is 78.9 Å². The van der Waals surface area contributed by atoms with Gasteiger partial charge in [-0.05, 0) is 53.8 Å². The second-order valence-corrected chi connectivity index (χ2v) is 9.36. The van der Waals surface area contributed by atoms with E-state index in [1.54, 1.807) is 84.9 Å². The third-order valence-corrected chi connectivity index (χ3v) is 6.43. The summed E-state index contributed by atoms with van der Waals surface area (Å²) in [5.74, 6) is -0.949. The van der Waals surface area contributed by atoms with E-state index >= 15 is 8.78 Å². The molecule has 39 heavy (non-hydrogen) atoms. The van der Waals surface area contributed by atoms with Crippen LogP contribution >= 0.6 is 0 Å². The largest absolute Gasteiger partial charge is 0.494 e. The molecule has 202 valence electrons. The number of ether oxygens (including phenoxy) is 2. The fourth-order valence-electron chi connectivity index (χ4n) is 4.09. The van der Waals surface area contributed by atoms with E-state index in [0.717, 1.165) is 31.2 Å². The summed E-state index contributed by atoms with van der Waals surface area (Å²) in [7, 11) is 0. The Bertz CT molecular complexity index is 1390. The van der Waals surface area contributed by atoms with Crippen molar-refractivity contribution >= 4 is 12.2 Å². The Morgan fingerprint density at radius 1 is 0.590 bits per heavy atom. The smallest absolute Gasteiger partial charge is 0.167 e. The molecule has 0 unspecified atom stereocenters. The number of benzene rings is 4. The van der Waals surface area contributed by atoms with Gasteiger partial charge in [-0.25, -0.2) is 13.2 Å². The highest BCUT2D eigenvalue weighted by molar-refractivity contribution is 5.75. The first-order valence-corrected chi connectivity index (χ1v) is 13.4. The van der Waals surface area contributed by atoms with Crippen LogP contribution in [-0.4, -0.2) is 13.2 Å². The lowest BCUT2D eigenvalue weighted by Gasteiger charge is -2.11. The van der Waals surface area contributed by atoms with E-state index in [2.05, 4.69) is 13.8 Å². The quantitative estimate of drug-likeness (QED) is 0.134. The highest BCUT2D eigenvalue weighted by Crippen LogP contribution is 2.32. The van der Waals surface area contributed by atoms with Crippen molar-refractivity contribution in [1.29, 1.82) is 0 Å². The lowest BCUT2D eigenvalue weighted by molar-refractivity contribution is 0.308. The Hall–Kier alpha value is -3.99. The lowest BCUT2D eigenvalue weighted by Crippen LogP contribution is -1.97. The number of unbranched alkanes of at least 4 members (excludes halogenated alkanes) is 2. The van der Waals surface area contributed by atoms with Crippen molar-refractivity contribution in [1.82, 2.24) is 0 Å². The van der Waals surface area contributed by atoms with Crippen molar-refractivity contribution < 1.29 is 22.6 Å². The SMILES string of the molecule is CCCCOc1ccc(-c2ccc(-c3ccc(/C=C/c4ccc(OCCCC)cc4F)cc3)c(F)c2F)cc1. The summed E-state index contributed by atoms with van der Waals surface area (Å²) in [5, 5.41) is 0. The maximum atomic E-state index is 15.1. The highest BCUT2D eigenvalue weighted by Gasteiger charge is 2.16. The minimum absolute atomic E-state index is 0.177. The molecule has 4 aromatic carbocycles. The molecule has 0 aromatic heterocycles. The first-order valence-electron chi connectivity index (χ1n) is 13.4. The van der Waals surface area contributed by atoms with Crippen molar-refractivity contribution in [3.05, 3.63) is 107 Å². The summed E-state index contributed by atoms with van der Waals surface area (Å²) >= 11 is 0. The van der Waals surface area contributed by atoms with Gasteiger partial charge in [0.15, 0.2) is 11.6 Å². The molecule has 0 fully saturated rings. The van der Waals surface area contributed by atoms with Gasteiger partial charge in [-0.3, -0.25) is 0 Å². The molecular weight excluding hydrogens is 497 g/mol. The van der Waals surface area contributed by atoms with Crippen molar-refractivity contribution in [3.63, 3.8) is 0 Å². The standard InChI is InChI=1S/C34H33F3O2/c1-3-5-21-38-28-16-13-26(14-17-28)31-20-19-30(33(36)34(31)37)25-10-7-24(8-11-25)9-12-27-15-18-29(23-32(27)35)39-22-6-4-2/h7-20,23H,3-6,21-22H2,1-2H3/b12-9+. The van der Waals surface area contributed by atoms with Crippen LogP contribution in [-0.2, 0) is 0 Å². The minimum atomic E-state index is -0.901. The van der Waals surface area contributed by atoms with E-state index in [0.29, 0.717) is 41.4 Å². The first kappa shape index (κ1) is 28.0. The summed E-state index contributed by atoms with van der Waals surface area (Å²) in [5.41, 5.74) is 2.74. The molecule has 0 amide bonds. The van der Waals surface area contributed by atoms with Crippen molar-refractivity contribution in [3.8, 4) is 33.8 Å². The Morgan fingerprint density at radius 2 is 1.10 bits per heavy atom. The zero-order valence-corrected chi connectivity index (χ0v) is 22.4. The van der Waals surface area contributed by atoms with E-state index in [1.807, 2.05) is 0 Å². The molecule has 0 aliphatic heterocycles. The summed E-state index contributed by atoms with van der Waals surface area (Å²) in [6, 6.07) is 22.0. The molecule has 5 heteroatoms. The van der Waals surface area contributed by atoms with Gasteiger partial charge in [0, 0.05) is 22.8 Å². The van der Waals surface area contributed by atoms with Crippen LogP contribution in [0, 0.1) is 17.5 Å². The van der Waals surface area contributed by atoms with E-state index < -0.39 is 11.6 Å². The number of halogens is 3. The molecule has 0 spiro atoms. The van der Waals surface area contributed by atoms with Crippen LogP contribution < -0.4 is 9.47 Å². The van der Waals surface area contributed by atoms with Gasteiger partial charge in [-0.15, -0.1) is 0 Å². The van der Waals surface area contributed by atoms with Gasteiger partial charge in [0.25, 0.3) is 0 Å². The Labute approximate surface area is 228 Å². The molecule has 0 saturated heterocycles. The van der Waals surface area contributed by atoms with Crippen molar-refractivity contribution in [2.45, 2.75) is 39.5 Å². The monoisotopic (exact) mass is 530 g/mol. The van der Waals surface area contributed by atoms with Crippen LogP contribution in [0.1, 0.15) is 50.7 Å². The molecule has 0 radical (unpaired) electrons. The molecule has 0 bridgehead atoms. The van der Waals surface area contributed by atoms with Crippen LogP contribution in [0.5, 0.6) is 11.5 Å². The zero-order chi connectivity index (χ0) is 27.6. The maximum Gasteiger partial charge on any atom is 0.167 e. The summed E-state index contributed by atoms with van der Waals surface area (Å²) < 4.78 is 55.8. The molecule has 0 aliphatic carbocycles. The van der Waals surface area contributed by atoms with E-state index in [4.69, 9.17) is 9.47 Å². The maximum absolute atomic E-state index is 15.1. The molecule has 4 aromatic rings. The normalized spacial score (nSPS) is 11.2. The molecule has 2 nitrogen and oxygen atoms in total. The van der Waals surface area contributed by atoms with Gasteiger partial charge < -0.3 is 9.47 Å². The molecule has 0 N–H and O–H groups in total. The van der Waals surface area contributed by atoms with Crippen LogP contribution in [0.25, 0.3) is 34.4 Å². The average molecular weight is 531 g/mol.